The molecule has 1 aromatic carbocycles. The molecule has 1 atom stereocenters. The Morgan fingerprint density at radius 2 is 2.10 bits per heavy atom. The SMILES string of the molecule is COCC(C)CC(=O)NCc1ccc(-c2ccn[nH]2)cc1. The van der Waals surface area contributed by atoms with E-state index in [1.807, 2.05) is 37.3 Å². The van der Waals surface area contributed by atoms with Crippen LogP contribution in [0.4, 0.5) is 0 Å². The van der Waals surface area contributed by atoms with E-state index < -0.39 is 0 Å². The summed E-state index contributed by atoms with van der Waals surface area (Å²) >= 11 is 0. The smallest absolute Gasteiger partial charge is 0.220 e. The number of hydrogen-bond donors (Lipinski definition) is 2. The number of aromatic amines is 1. The highest BCUT2D eigenvalue weighted by Crippen LogP contribution is 2.16. The monoisotopic (exact) mass is 287 g/mol. The van der Waals surface area contributed by atoms with E-state index in [1.54, 1.807) is 13.3 Å². The van der Waals surface area contributed by atoms with Gasteiger partial charge >= 0.3 is 0 Å². The van der Waals surface area contributed by atoms with Gasteiger partial charge in [-0.25, -0.2) is 0 Å². The summed E-state index contributed by atoms with van der Waals surface area (Å²) in [5.41, 5.74) is 3.14. The third-order valence-electron chi connectivity index (χ3n) is 3.24. The molecule has 0 saturated heterocycles. The van der Waals surface area contributed by atoms with Gasteiger partial charge in [0.15, 0.2) is 0 Å². The average Bonchev–Trinajstić information content (AvgIpc) is 3.00. The van der Waals surface area contributed by atoms with E-state index in [-0.39, 0.29) is 11.8 Å². The van der Waals surface area contributed by atoms with Gasteiger partial charge in [-0.15, -0.1) is 0 Å². The average molecular weight is 287 g/mol. The van der Waals surface area contributed by atoms with Crippen LogP contribution in [0.5, 0.6) is 0 Å². The Balaban J connectivity index is 1.82. The summed E-state index contributed by atoms with van der Waals surface area (Å²) in [4.78, 5) is 11.8. The maximum Gasteiger partial charge on any atom is 0.220 e. The number of benzene rings is 1. The van der Waals surface area contributed by atoms with E-state index in [9.17, 15) is 4.79 Å². The summed E-state index contributed by atoms with van der Waals surface area (Å²) in [7, 11) is 1.65. The number of rotatable bonds is 7. The highest BCUT2D eigenvalue weighted by Gasteiger charge is 2.08. The Bertz CT molecular complexity index is 549. The van der Waals surface area contributed by atoms with Crippen molar-refractivity contribution >= 4 is 5.91 Å². The van der Waals surface area contributed by atoms with Crippen LogP contribution in [0, 0.1) is 5.92 Å². The summed E-state index contributed by atoms with van der Waals surface area (Å²) in [5, 5.41) is 9.78. The van der Waals surface area contributed by atoms with Crippen molar-refractivity contribution in [3.05, 3.63) is 42.1 Å². The standard InChI is InChI=1S/C16H21N3O2/c1-12(11-21-2)9-16(20)17-10-13-3-5-14(6-4-13)15-7-8-18-19-15/h3-8,12H,9-11H2,1-2H3,(H,17,20)(H,18,19). The van der Waals surface area contributed by atoms with Gasteiger partial charge in [-0.3, -0.25) is 9.89 Å². The quantitative estimate of drug-likeness (QED) is 0.821. The molecule has 2 aromatic rings. The second-order valence-corrected chi connectivity index (χ2v) is 5.21. The van der Waals surface area contributed by atoms with E-state index >= 15 is 0 Å². The molecule has 0 saturated carbocycles. The van der Waals surface area contributed by atoms with Gasteiger partial charge in [-0.05, 0) is 23.1 Å². The number of aromatic nitrogens is 2. The molecule has 2 rings (SSSR count). The maximum absolute atomic E-state index is 11.8. The van der Waals surface area contributed by atoms with Crippen LogP contribution >= 0.6 is 0 Å². The number of H-pyrrole nitrogens is 1. The van der Waals surface area contributed by atoms with Crippen molar-refractivity contribution in [3.8, 4) is 11.3 Å². The van der Waals surface area contributed by atoms with Gasteiger partial charge < -0.3 is 10.1 Å². The number of carbonyl (C=O) groups excluding carboxylic acids is 1. The first-order chi connectivity index (χ1) is 10.2. The molecule has 0 radical (unpaired) electrons. The van der Waals surface area contributed by atoms with Gasteiger partial charge in [0, 0.05) is 32.9 Å². The molecule has 1 unspecified atom stereocenters. The molecule has 1 amide bonds. The Kier molecular flexibility index (Phi) is 5.51. The third-order valence-corrected chi connectivity index (χ3v) is 3.24. The largest absolute Gasteiger partial charge is 0.384 e. The van der Waals surface area contributed by atoms with Gasteiger partial charge in [-0.2, -0.15) is 5.10 Å². The number of methoxy groups -OCH3 is 1. The lowest BCUT2D eigenvalue weighted by Crippen LogP contribution is -2.25. The van der Waals surface area contributed by atoms with Crippen LogP contribution in [-0.2, 0) is 16.1 Å². The molecule has 0 aliphatic heterocycles. The van der Waals surface area contributed by atoms with Gasteiger partial charge in [0.2, 0.25) is 5.91 Å². The molecule has 0 bridgehead atoms. The van der Waals surface area contributed by atoms with E-state index in [2.05, 4.69) is 15.5 Å². The van der Waals surface area contributed by atoms with Crippen LogP contribution in [-0.4, -0.2) is 29.8 Å². The van der Waals surface area contributed by atoms with Crippen molar-refractivity contribution in [2.45, 2.75) is 19.9 Å². The maximum atomic E-state index is 11.8. The zero-order valence-electron chi connectivity index (χ0n) is 12.4. The minimum Gasteiger partial charge on any atom is -0.384 e. The summed E-state index contributed by atoms with van der Waals surface area (Å²) in [6, 6.07) is 9.98. The minimum absolute atomic E-state index is 0.0530. The molecule has 0 aliphatic carbocycles. The number of carbonyl (C=O) groups is 1. The van der Waals surface area contributed by atoms with Crippen molar-refractivity contribution < 1.29 is 9.53 Å². The second-order valence-electron chi connectivity index (χ2n) is 5.21. The van der Waals surface area contributed by atoms with Crippen molar-refractivity contribution in [2.24, 2.45) is 5.92 Å². The molecular weight excluding hydrogens is 266 g/mol. The molecular formula is C16H21N3O2. The molecule has 5 heteroatoms. The Morgan fingerprint density at radius 1 is 1.33 bits per heavy atom. The summed E-state index contributed by atoms with van der Waals surface area (Å²) in [5.74, 6) is 0.287. The van der Waals surface area contributed by atoms with Gasteiger partial charge in [0.25, 0.3) is 0 Å². The molecule has 2 N–H and O–H groups in total. The molecule has 5 nitrogen and oxygen atoms in total. The predicted octanol–water partition coefficient (Wildman–Crippen LogP) is 2.37. The number of ether oxygens (including phenoxy) is 1. The van der Waals surface area contributed by atoms with Crippen LogP contribution < -0.4 is 5.32 Å². The lowest BCUT2D eigenvalue weighted by atomic mass is 10.1. The predicted molar refractivity (Wildman–Crippen MR) is 81.5 cm³/mol. The number of nitrogens with one attached hydrogen (secondary N) is 2. The number of nitrogens with zero attached hydrogens (tertiary/aromatic N) is 1. The molecule has 0 fully saturated rings. The Hall–Kier alpha value is -2.14. The normalized spacial score (nSPS) is 12.1. The summed E-state index contributed by atoms with van der Waals surface area (Å²) < 4.78 is 5.03. The lowest BCUT2D eigenvalue weighted by Gasteiger charge is -2.10. The molecule has 112 valence electrons. The first-order valence-electron chi connectivity index (χ1n) is 7.03. The van der Waals surface area contributed by atoms with E-state index in [4.69, 9.17) is 4.74 Å². The van der Waals surface area contributed by atoms with Crippen molar-refractivity contribution in [1.29, 1.82) is 0 Å². The molecule has 1 aromatic heterocycles. The third kappa shape index (κ3) is 4.72. The van der Waals surface area contributed by atoms with Crippen molar-refractivity contribution in [2.75, 3.05) is 13.7 Å². The summed E-state index contributed by atoms with van der Waals surface area (Å²) in [6.45, 7) is 3.15. The molecule has 21 heavy (non-hydrogen) atoms. The topological polar surface area (TPSA) is 67.0 Å². The minimum atomic E-state index is 0.0530. The molecule has 0 spiro atoms. The van der Waals surface area contributed by atoms with Crippen LogP contribution in [0.15, 0.2) is 36.5 Å². The fourth-order valence-corrected chi connectivity index (χ4v) is 2.15. The van der Waals surface area contributed by atoms with Crippen molar-refractivity contribution in [1.82, 2.24) is 15.5 Å². The van der Waals surface area contributed by atoms with Gasteiger partial charge in [-0.1, -0.05) is 31.2 Å². The lowest BCUT2D eigenvalue weighted by molar-refractivity contribution is -0.122. The van der Waals surface area contributed by atoms with Crippen molar-refractivity contribution in [3.63, 3.8) is 0 Å². The zero-order valence-corrected chi connectivity index (χ0v) is 12.4. The van der Waals surface area contributed by atoms with Crippen LogP contribution in [0.25, 0.3) is 11.3 Å². The highest BCUT2D eigenvalue weighted by molar-refractivity contribution is 5.76. The first-order valence-corrected chi connectivity index (χ1v) is 7.03. The van der Waals surface area contributed by atoms with Crippen LogP contribution in [0.2, 0.25) is 0 Å². The fraction of sp³-hybridized carbons (Fsp3) is 0.375. The first kappa shape index (κ1) is 15.3. The Labute approximate surface area is 124 Å². The summed E-state index contributed by atoms with van der Waals surface area (Å²) in [6.07, 6.45) is 2.21. The number of amides is 1. The fourth-order valence-electron chi connectivity index (χ4n) is 2.15. The van der Waals surface area contributed by atoms with E-state index in [0.717, 1.165) is 16.8 Å². The van der Waals surface area contributed by atoms with Crippen LogP contribution in [0.1, 0.15) is 18.9 Å². The van der Waals surface area contributed by atoms with Crippen LogP contribution in [0.3, 0.4) is 0 Å². The van der Waals surface area contributed by atoms with E-state index in [1.165, 1.54) is 0 Å². The number of hydrogen-bond acceptors (Lipinski definition) is 3. The van der Waals surface area contributed by atoms with Gasteiger partial charge in [0.1, 0.15) is 0 Å². The van der Waals surface area contributed by atoms with Gasteiger partial charge in [0.05, 0.1) is 5.69 Å². The highest BCUT2D eigenvalue weighted by atomic mass is 16.5. The van der Waals surface area contributed by atoms with E-state index in [0.29, 0.717) is 19.6 Å². The molecule has 0 aliphatic rings. The molecule has 1 heterocycles. The zero-order chi connectivity index (χ0) is 15.1. The Morgan fingerprint density at radius 3 is 2.71 bits per heavy atom. The second kappa shape index (κ2) is 7.59.